The van der Waals surface area contributed by atoms with Crippen molar-refractivity contribution < 1.29 is 4.42 Å². The van der Waals surface area contributed by atoms with Crippen molar-refractivity contribution in [3.63, 3.8) is 0 Å². The molecule has 0 radical (unpaired) electrons. The maximum Gasteiger partial charge on any atom is 0.147 e. The standard InChI is InChI=1S/C17H14N2O/c1-3-7-14(8-4-1)17-12-11-16(20-17)13-18-19-15-9-5-2-6-10-15/h1-13,19H. The van der Waals surface area contributed by atoms with E-state index in [1.165, 1.54) is 0 Å². The average Bonchev–Trinajstić information content (AvgIpc) is 2.98. The van der Waals surface area contributed by atoms with Gasteiger partial charge in [-0.2, -0.15) is 5.10 Å². The van der Waals surface area contributed by atoms with Crippen molar-refractivity contribution in [2.45, 2.75) is 0 Å². The summed E-state index contributed by atoms with van der Waals surface area (Å²) in [5.74, 6) is 1.55. The van der Waals surface area contributed by atoms with Gasteiger partial charge in [0.25, 0.3) is 0 Å². The van der Waals surface area contributed by atoms with Crippen molar-refractivity contribution in [2.24, 2.45) is 5.10 Å². The molecule has 1 heterocycles. The normalized spacial score (nSPS) is 10.8. The first kappa shape index (κ1) is 12.2. The molecule has 1 aromatic heterocycles. The van der Waals surface area contributed by atoms with Crippen molar-refractivity contribution >= 4 is 11.9 Å². The Kier molecular flexibility index (Phi) is 3.60. The minimum absolute atomic E-state index is 0.715. The minimum atomic E-state index is 0.715. The smallest absolute Gasteiger partial charge is 0.147 e. The number of hydrogen-bond donors (Lipinski definition) is 1. The van der Waals surface area contributed by atoms with Crippen LogP contribution in [0.1, 0.15) is 5.76 Å². The van der Waals surface area contributed by atoms with Gasteiger partial charge in [0.2, 0.25) is 0 Å². The summed E-state index contributed by atoms with van der Waals surface area (Å²) in [4.78, 5) is 0. The summed E-state index contributed by atoms with van der Waals surface area (Å²) >= 11 is 0. The van der Waals surface area contributed by atoms with Crippen LogP contribution in [-0.2, 0) is 0 Å². The summed E-state index contributed by atoms with van der Waals surface area (Å²) < 4.78 is 5.72. The second-order valence-corrected chi connectivity index (χ2v) is 4.30. The third-order valence-corrected chi connectivity index (χ3v) is 2.84. The number of hydrogen-bond acceptors (Lipinski definition) is 3. The molecule has 3 aromatic rings. The number of nitrogens with one attached hydrogen (secondary N) is 1. The molecule has 0 saturated carbocycles. The van der Waals surface area contributed by atoms with Crippen LogP contribution in [0.25, 0.3) is 11.3 Å². The van der Waals surface area contributed by atoms with Gasteiger partial charge in [-0.3, -0.25) is 5.43 Å². The molecule has 0 saturated heterocycles. The highest BCUT2D eigenvalue weighted by molar-refractivity contribution is 5.78. The van der Waals surface area contributed by atoms with Crippen LogP contribution in [0.5, 0.6) is 0 Å². The largest absolute Gasteiger partial charge is 0.455 e. The van der Waals surface area contributed by atoms with E-state index < -0.39 is 0 Å². The maximum atomic E-state index is 5.72. The lowest BCUT2D eigenvalue weighted by Gasteiger charge is -1.97. The maximum absolute atomic E-state index is 5.72. The van der Waals surface area contributed by atoms with Crippen LogP contribution in [0.3, 0.4) is 0 Å². The predicted molar refractivity (Wildman–Crippen MR) is 81.8 cm³/mol. The molecular weight excluding hydrogens is 248 g/mol. The van der Waals surface area contributed by atoms with Gasteiger partial charge in [0.1, 0.15) is 11.5 Å². The molecule has 0 amide bonds. The molecular formula is C17H14N2O. The first-order valence-electron chi connectivity index (χ1n) is 6.41. The Morgan fingerprint density at radius 3 is 2.25 bits per heavy atom. The number of para-hydroxylation sites is 1. The molecule has 0 unspecified atom stereocenters. The molecule has 0 aliphatic rings. The fraction of sp³-hybridized carbons (Fsp3) is 0. The van der Waals surface area contributed by atoms with Gasteiger partial charge in [-0.25, -0.2) is 0 Å². The third-order valence-electron chi connectivity index (χ3n) is 2.84. The summed E-state index contributed by atoms with van der Waals surface area (Å²) in [6, 6.07) is 23.6. The summed E-state index contributed by atoms with van der Waals surface area (Å²) in [6.45, 7) is 0. The van der Waals surface area contributed by atoms with E-state index in [1.807, 2.05) is 72.8 Å². The van der Waals surface area contributed by atoms with E-state index in [0.717, 1.165) is 17.0 Å². The summed E-state index contributed by atoms with van der Waals surface area (Å²) in [5, 5.41) is 4.15. The zero-order valence-corrected chi connectivity index (χ0v) is 10.9. The lowest BCUT2D eigenvalue weighted by molar-refractivity contribution is 0.575. The van der Waals surface area contributed by atoms with E-state index >= 15 is 0 Å². The van der Waals surface area contributed by atoms with E-state index in [4.69, 9.17) is 4.42 Å². The van der Waals surface area contributed by atoms with E-state index in [-0.39, 0.29) is 0 Å². The Balaban J connectivity index is 1.69. The Labute approximate surface area is 117 Å². The van der Waals surface area contributed by atoms with Gasteiger partial charge >= 0.3 is 0 Å². The Morgan fingerprint density at radius 2 is 1.50 bits per heavy atom. The molecule has 0 atom stereocenters. The number of nitrogens with zero attached hydrogens (tertiary/aromatic N) is 1. The lowest BCUT2D eigenvalue weighted by atomic mass is 10.2. The van der Waals surface area contributed by atoms with Gasteiger partial charge < -0.3 is 4.42 Å². The summed E-state index contributed by atoms with van der Waals surface area (Å²) in [6.07, 6.45) is 1.67. The number of hydrazone groups is 1. The number of anilines is 1. The number of benzene rings is 2. The molecule has 98 valence electrons. The van der Waals surface area contributed by atoms with Crippen LogP contribution in [-0.4, -0.2) is 6.21 Å². The molecule has 0 spiro atoms. The van der Waals surface area contributed by atoms with Gasteiger partial charge in [-0.15, -0.1) is 0 Å². The Hall–Kier alpha value is -2.81. The van der Waals surface area contributed by atoms with Crippen LogP contribution in [0.15, 0.2) is 82.3 Å². The van der Waals surface area contributed by atoms with Crippen LogP contribution in [0, 0.1) is 0 Å². The highest BCUT2D eigenvalue weighted by Crippen LogP contribution is 2.20. The molecule has 3 rings (SSSR count). The van der Waals surface area contributed by atoms with E-state index in [2.05, 4.69) is 10.5 Å². The fourth-order valence-electron chi connectivity index (χ4n) is 1.86. The van der Waals surface area contributed by atoms with Gasteiger partial charge in [0.05, 0.1) is 11.9 Å². The number of furan rings is 1. The fourth-order valence-corrected chi connectivity index (χ4v) is 1.86. The molecule has 1 N–H and O–H groups in total. The highest BCUT2D eigenvalue weighted by atomic mass is 16.3. The second kappa shape index (κ2) is 5.89. The van der Waals surface area contributed by atoms with Gasteiger partial charge in [0.15, 0.2) is 0 Å². The van der Waals surface area contributed by atoms with Gasteiger partial charge in [0, 0.05) is 5.56 Å². The zero-order valence-electron chi connectivity index (χ0n) is 10.9. The SMILES string of the molecule is C(=NNc1ccccc1)c1ccc(-c2ccccc2)o1. The van der Waals surface area contributed by atoms with E-state index in [1.54, 1.807) is 6.21 Å². The summed E-state index contributed by atoms with van der Waals surface area (Å²) in [7, 11) is 0. The van der Waals surface area contributed by atoms with Crippen molar-refractivity contribution in [3.05, 3.63) is 78.6 Å². The van der Waals surface area contributed by atoms with Crippen LogP contribution in [0.2, 0.25) is 0 Å². The highest BCUT2D eigenvalue weighted by Gasteiger charge is 2.01. The summed E-state index contributed by atoms with van der Waals surface area (Å²) in [5.41, 5.74) is 4.95. The van der Waals surface area contributed by atoms with Crippen LogP contribution < -0.4 is 5.43 Å². The predicted octanol–water partition coefficient (Wildman–Crippen LogP) is 4.39. The molecule has 0 bridgehead atoms. The molecule has 20 heavy (non-hydrogen) atoms. The van der Waals surface area contributed by atoms with Crippen molar-refractivity contribution in [3.8, 4) is 11.3 Å². The molecule has 0 fully saturated rings. The van der Waals surface area contributed by atoms with E-state index in [0.29, 0.717) is 5.76 Å². The molecule has 3 nitrogen and oxygen atoms in total. The molecule has 2 aromatic carbocycles. The first-order chi connectivity index (χ1) is 9.92. The minimum Gasteiger partial charge on any atom is -0.455 e. The quantitative estimate of drug-likeness (QED) is 0.559. The van der Waals surface area contributed by atoms with Crippen molar-refractivity contribution in [1.29, 1.82) is 0 Å². The van der Waals surface area contributed by atoms with Gasteiger partial charge in [-0.05, 0) is 24.3 Å². The molecule has 0 aliphatic carbocycles. The van der Waals surface area contributed by atoms with Crippen LogP contribution in [0.4, 0.5) is 5.69 Å². The van der Waals surface area contributed by atoms with Gasteiger partial charge in [-0.1, -0.05) is 48.5 Å². The van der Waals surface area contributed by atoms with Crippen LogP contribution >= 0.6 is 0 Å². The topological polar surface area (TPSA) is 37.5 Å². The third kappa shape index (κ3) is 2.95. The van der Waals surface area contributed by atoms with Crippen molar-refractivity contribution in [1.82, 2.24) is 0 Å². The second-order valence-electron chi connectivity index (χ2n) is 4.30. The van der Waals surface area contributed by atoms with Crippen molar-refractivity contribution in [2.75, 3.05) is 5.43 Å². The first-order valence-corrected chi connectivity index (χ1v) is 6.41. The molecule has 0 aliphatic heterocycles. The molecule has 3 heteroatoms. The number of rotatable bonds is 4. The van der Waals surface area contributed by atoms with E-state index in [9.17, 15) is 0 Å². The zero-order chi connectivity index (χ0) is 13.6. The Bertz CT molecular complexity index is 687. The average molecular weight is 262 g/mol. The lowest BCUT2D eigenvalue weighted by Crippen LogP contribution is -1.88. The Morgan fingerprint density at radius 1 is 0.800 bits per heavy atom. The monoisotopic (exact) mass is 262 g/mol.